The summed E-state index contributed by atoms with van der Waals surface area (Å²) in [6, 6.07) is 14.1. The lowest BCUT2D eigenvalue weighted by atomic mass is 10.1. The molecule has 0 aliphatic carbocycles. The summed E-state index contributed by atoms with van der Waals surface area (Å²) >= 11 is 0. The predicted molar refractivity (Wildman–Crippen MR) is 102 cm³/mol. The zero-order valence-electron chi connectivity index (χ0n) is 14.6. The van der Waals surface area contributed by atoms with Crippen LogP contribution in [0.3, 0.4) is 0 Å². The van der Waals surface area contributed by atoms with Crippen LogP contribution in [0.1, 0.15) is 23.0 Å². The topological polar surface area (TPSA) is 97.1 Å². The second kappa shape index (κ2) is 6.60. The summed E-state index contributed by atoms with van der Waals surface area (Å²) in [5.74, 6) is 0.322. The summed E-state index contributed by atoms with van der Waals surface area (Å²) in [6.45, 7) is 2.24. The van der Waals surface area contributed by atoms with E-state index in [1.807, 2.05) is 30.3 Å². The number of hydrogen-bond donors (Lipinski definition) is 2. The van der Waals surface area contributed by atoms with Gasteiger partial charge in [-0.05, 0) is 37.3 Å². The minimum Gasteiger partial charge on any atom is -0.459 e. The Morgan fingerprint density at radius 2 is 1.96 bits per heavy atom. The summed E-state index contributed by atoms with van der Waals surface area (Å²) in [5.41, 5.74) is 0.589. The first-order chi connectivity index (χ1) is 13.1. The third-order valence-electron chi connectivity index (χ3n) is 4.46. The van der Waals surface area contributed by atoms with Crippen LogP contribution in [0.2, 0.25) is 0 Å². The molecule has 0 fully saturated rings. The quantitative estimate of drug-likeness (QED) is 0.582. The van der Waals surface area contributed by atoms with E-state index in [1.165, 1.54) is 6.07 Å². The minimum atomic E-state index is -0.491. The molecule has 2 aromatic heterocycles. The number of benzene rings is 2. The van der Waals surface area contributed by atoms with Crippen LogP contribution in [0.25, 0.3) is 21.9 Å². The molecule has 2 N–H and O–H groups in total. The van der Waals surface area contributed by atoms with E-state index in [0.717, 1.165) is 15.5 Å². The summed E-state index contributed by atoms with van der Waals surface area (Å²) in [6.07, 6.45) is 0. The van der Waals surface area contributed by atoms with Gasteiger partial charge in [-0.15, -0.1) is 0 Å². The number of rotatable bonds is 4. The third kappa shape index (κ3) is 3.03. The van der Waals surface area contributed by atoms with Crippen LogP contribution in [-0.2, 0) is 13.1 Å². The molecule has 0 saturated carbocycles. The van der Waals surface area contributed by atoms with Crippen molar-refractivity contribution in [1.82, 2.24) is 14.9 Å². The smallest absolute Gasteiger partial charge is 0.328 e. The van der Waals surface area contributed by atoms with Gasteiger partial charge in [-0.3, -0.25) is 14.2 Å². The molecule has 7 nitrogen and oxygen atoms in total. The first-order valence-electron chi connectivity index (χ1n) is 8.59. The molecular weight excluding hydrogens is 346 g/mol. The average Bonchev–Trinajstić information content (AvgIpc) is 3.09. The molecule has 0 aliphatic rings. The van der Waals surface area contributed by atoms with E-state index in [-0.39, 0.29) is 24.6 Å². The van der Waals surface area contributed by atoms with Crippen molar-refractivity contribution in [3.8, 4) is 0 Å². The van der Waals surface area contributed by atoms with Gasteiger partial charge in [0.2, 0.25) is 0 Å². The molecule has 4 rings (SSSR count). The van der Waals surface area contributed by atoms with E-state index in [1.54, 1.807) is 19.1 Å². The lowest BCUT2D eigenvalue weighted by Gasteiger charge is -2.06. The number of carbonyl (C=O) groups is 1. The molecule has 0 spiro atoms. The van der Waals surface area contributed by atoms with Crippen molar-refractivity contribution in [2.24, 2.45) is 0 Å². The highest BCUT2D eigenvalue weighted by Crippen LogP contribution is 2.18. The Balaban J connectivity index is 1.59. The van der Waals surface area contributed by atoms with Crippen LogP contribution in [0.4, 0.5) is 0 Å². The molecular formula is C20H17N3O4. The van der Waals surface area contributed by atoms with Gasteiger partial charge in [-0.1, -0.05) is 18.2 Å². The second-order valence-corrected chi connectivity index (χ2v) is 6.17. The van der Waals surface area contributed by atoms with Gasteiger partial charge in [0.1, 0.15) is 11.3 Å². The van der Waals surface area contributed by atoms with Gasteiger partial charge in [-0.2, -0.15) is 0 Å². The maximum atomic E-state index is 12.4. The Bertz CT molecular complexity index is 1250. The molecule has 0 aliphatic heterocycles. The number of furan rings is 1. The Morgan fingerprint density at radius 3 is 2.74 bits per heavy atom. The average molecular weight is 363 g/mol. The highest BCUT2D eigenvalue weighted by molar-refractivity contribution is 5.97. The van der Waals surface area contributed by atoms with Gasteiger partial charge in [0.25, 0.3) is 11.5 Å². The standard InChI is InChI=1S/C20H17N3O4/c1-2-23-19(25)15-8-7-13(10-16(15)22-20(23)26)18(24)21-11-14-9-12-5-3-4-6-17(12)27-14/h3-10H,2,11H2,1H3,(H,21,24)(H,22,26). The van der Waals surface area contributed by atoms with E-state index in [0.29, 0.717) is 22.2 Å². The van der Waals surface area contributed by atoms with E-state index < -0.39 is 5.69 Å². The fourth-order valence-corrected chi connectivity index (χ4v) is 3.08. The first-order valence-corrected chi connectivity index (χ1v) is 8.59. The molecule has 2 aromatic carbocycles. The number of aromatic amines is 1. The number of hydrogen-bond acceptors (Lipinski definition) is 4. The Hall–Kier alpha value is -3.61. The van der Waals surface area contributed by atoms with Gasteiger partial charge in [0.15, 0.2) is 0 Å². The van der Waals surface area contributed by atoms with Crippen LogP contribution in [-0.4, -0.2) is 15.5 Å². The van der Waals surface area contributed by atoms with Crippen molar-refractivity contribution in [2.75, 3.05) is 0 Å². The van der Waals surface area contributed by atoms with Crippen LogP contribution in [0.5, 0.6) is 0 Å². The molecule has 0 saturated heterocycles. The maximum absolute atomic E-state index is 12.4. The van der Waals surface area contributed by atoms with Crippen LogP contribution in [0, 0.1) is 0 Å². The number of H-pyrrole nitrogens is 1. The molecule has 7 heteroatoms. The van der Waals surface area contributed by atoms with Crippen LogP contribution < -0.4 is 16.6 Å². The first kappa shape index (κ1) is 16.8. The molecule has 0 radical (unpaired) electrons. The van der Waals surface area contributed by atoms with Gasteiger partial charge < -0.3 is 14.7 Å². The van der Waals surface area contributed by atoms with Crippen molar-refractivity contribution in [1.29, 1.82) is 0 Å². The fraction of sp³-hybridized carbons (Fsp3) is 0.150. The largest absolute Gasteiger partial charge is 0.459 e. The van der Waals surface area contributed by atoms with E-state index in [2.05, 4.69) is 10.3 Å². The Morgan fingerprint density at radius 1 is 1.15 bits per heavy atom. The van der Waals surface area contributed by atoms with Crippen molar-refractivity contribution >= 4 is 27.8 Å². The molecule has 136 valence electrons. The molecule has 0 unspecified atom stereocenters. The lowest BCUT2D eigenvalue weighted by molar-refractivity contribution is 0.0948. The van der Waals surface area contributed by atoms with Gasteiger partial charge in [0, 0.05) is 17.5 Å². The normalized spacial score (nSPS) is 11.1. The highest BCUT2D eigenvalue weighted by atomic mass is 16.3. The number of fused-ring (bicyclic) bond motifs is 2. The second-order valence-electron chi connectivity index (χ2n) is 6.17. The third-order valence-corrected chi connectivity index (χ3v) is 4.46. The Kier molecular flexibility index (Phi) is 4.12. The minimum absolute atomic E-state index is 0.236. The van der Waals surface area contributed by atoms with Gasteiger partial charge in [-0.25, -0.2) is 4.79 Å². The summed E-state index contributed by atoms with van der Waals surface area (Å²) in [5, 5.41) is 4.12. The number of nitrogens with one attached hydrogen (secondary N) is 2. The number of nitrogens with zero attached hydrogens (tertiary/aromatic N) is 1. The number of carbonyl (C=O) groups excluding carboxylic acids is 1. The van der Waals surface area contributed by atoms with E-state index in [4.69, 9.17) is 4.42 Å². The molecule has 4 aromatic rings. The van der Waals surface area contributed by atoms with Crippen molar-refractivity contribution in [3.63, 3.8) is 0 Å². The number of amides is 1. The highest BCUT2D eigenvalue weighted by Gasteiger charge is 2.11. The van der Waals surface area contributed by atoms with Crippen LogP contribution in [0.15, 0.2) is 62.5 Å². The monoisotopic (exact) mass is 363 g/mol. The molecule has 0 atom stereocenters. The van der Waals surface area contributed by atoms with Crippen molar-refractivity contribution in [3.05, 3.63) is 80.7 Å². The van der Waals surface area contributed by atoms with Crippen molar-refractivity contribution in [2.45, 2.75) is 20.0 Å². The van der Waals surface area contributed by atoms with Gasteiger partial charge >= 0.3 is 5.69 Å². The van der Waals surface area contributed by atoms with Crippen LogP contribution >= 0.6 is 0 Å². The molecule has 1 amide bonds. The SMILES string of the molecule is CCn1c(=O)[nH]c2cc(C(=O)NCc3cc4ccccc4o3)ccc2c1=O. The zero-order chi connectivity index (χ0) is 19.0. The zero-order valence-corrected chi connectivity index (χ0v) is 14.6. The Labute approximate surface area is 153 Å². The number of para-hydroxylation sites is 1. The fourth-order valence-electron chi connectivity index (χ4n) is 3.08. The summed E-state index contributed by atoms with van der Waals surface area (Å²) in [7, 11) is 0. The maximum Gasteiger partial charge on any atom is 0.328 e. The van der Waals surface area contributed by atoms with Gasteiger partial charge in [0.05, 0.1) is 17.4 Å². The molecule has 0 bridgehead atoms. The van der Waals surface area contributed by atoms with E-state index in [9.17, 15) is 14.4 Å². The number of aromatic nitrogens is 2. The molecule has 2 heterocycles. The van der Waals surface area contributed by atoms with Crippen molar-refractivity contribution < 1.29 is 9.21 Å². The summed E-state index contributed by atoms with van der Waals surface area (Å²) < 4.78 is 6.79. The summed E-state index contributed by atoms with van der Waals surface area (Å²) in [4.78, 5) is 39.3. The van der Waals surface area contributed by atoms with E-state index >= 15 is 0 Å². The lowest BCUT2D eigenvalue weighted by Crippen LogP contribution is -2.34. The predicted octanol–water partition coefficient (Wildman–Crippen LogP) is 2.39. The molecule has 27 heavy (non-hydrogen) atoms.